The molecule has 1 fully saturated rings. The second-order valence-corrected chi connectivity index (χ2v) is 5.51. The highest BCUT2D eigenvalue weighted by atomic mass is 14.9. The van der Waals surface area contributed by atoms with Crippen molar-refractivity contribution >= 4 is 0 Å². The standard InChI is InChI=1S/C14H29N/c1-5-9-15-14-8-7-13(12(14)4)10-11(3)6-2/h11-15H,5-10H2,1-4H3. The topological polar surface area (TPSA) is 12.0 Å². The van der Waals surface area contributed by atoms with Crippen LogP contribution in [0.2, 0.25) is 0 Å². The summed E-state index contributed by atoms with van der Waals surface area (Å²) in [6.45, 7) is 10.6. The van der Waals surface area contributed by atoms with Crippen LogP contribution < -0.4 is 5.32 Å². The molecule has 1 aliphatic rings. The maximum atomic E-state index is 3.70. The van der Waals surface area contributed by atoms with Crippen LogP contribution >= 0.6 is 0 Å². The van der Waals surface area contributed by atoms with E-state index < -0.39 is 0 Å². The Bertz CT molecular complexity index is 167. The first-order chi connectivity index (χ1) is 7.19. The molecule has 4 unspecified atom stereocenters. The summed E-state index contributed by atoms with van der Waals surface area (Å²) in [6, 6.07) is 0.805. The van der Waals surface area contributed by atoms with E-state index in [9.17, 15) is 0 Å². The Kier molecular flexibility index (Phi) is 5.66. The van der Waals surface area contributed by atoms with Crippen LogP contribution in [0, 0.1) is 17.8 Å². The zero-order valence-electron chi connectivity index (χ0n) is 11.1. The summed E-state index contributed by atoms with van der Waals surface area (Å²) in [4.78, 5) is 0. The van der Waals surface area contributed by atoms with Crippen LogP contribution in [0.15, 0.2) is 0 Å². The minimum atomic E-state index is 0.805. The molecule has 1 saturated carbocycles. The SMILES string of the molecule is CCCNC1CCC(CC(C)CC)C1C. The zero-order chi connectivity index (χ0) is 11.3. The first-order valence-electron chi connectivity index (χ1n) is 6.92. The van der Waals surface area contributed by atoms with Crippen molar-refractivity contribution in [2.45, 2.75) is 65.8 Å². The summed E-state index contributed by atoms with van der Waals surface area (Å²) in [7, 11) is 0. The molecule has 90 valence electrons. The lowest BCUT2D eigenvalue weighted by Crippen LogP contribution is -2.33. The highest BCUT2D eigenvalue weighted by molar-refractivity contribution is 4.87. The van der Waals surface area contributed by atoms with Crippen molar-refractivity contribution in [2.24, 2.45) is 17.8 Å². The highest BCUT2D eigenvalue weighted by Gasteiger charge is 2.32. The lowest BCUT2D eigenvalue weighted by atomic mass is 9.86. The highest BCUT2D eigenvalue weighted by Crippen LogP contribution is 2.36. The van der Waals surface area contributed by atoms with E-state index in [0.29, 0.717) is 0 Å². The van der Waals surface area contributed by atoms with Crippen LogP contribution in [0.5, 0.6) is 0 Å². The van der Waals surface area contributed by atoms with E-state index in [4.69, 9.17) is 0 Å². The maximum Gasteiger partial charge on any atom is 0.00954 e. The first kappa shape index (κ1) is 13.0. The van der Waals surface area contributed by atoms with Gasteiger partial charge < -0.3 is 5.32 Å². The minimum Gasteiger partial charge on any atom is -0.314 e. The normalized spacial score (nSPS) is 33.2. The number of hydrogen-bond donors (Lipinski definition) is 1. The van der Waals surface area contributed by atoms with E-state index >= 15 is 0 Å². The number of rotatable bonds is 6. The monoisotopic (exact) mass is 211 g/mol. The van der Waals surface area contributed by atoms with E-state index in [1.54, 1.807) is 0 Å². The molecular weight excluding hydrogens is 182 g/mol. The van der Waals surface area contributed by atoms with Crippen LogP contribution in [0.4, 0.5) is 0 Å². The molecule has 0 saturated heterocycles. The molecule has 0 aromatic rings. The molecule has 1 nitrogen and oxygen atoms in total. The predicted octanol–water partition coefficient (Wildman–Crippen LogP) is 3.84. The van der Waals surface area contributed by atoms with Gasteiger partial charge in [-0.05, 0) is 50.0 Å². The molecule has 0 aromatic carbocycles. The van der Waals surface area contributed by atoms with Gasteiger partial charge in [0.2, 0.25) is 0 Å². The van der Waals surface area contributed by atoms with Crippen molar-refractivity contribution in [3.8, 4) is 0 Å². The van der Waals surface area contributed by atoms with E-state index in [2.05, 4.69) is 33.0 Å². The smallest absolute Gasteiger partial charge is 0.00954 e. The summed E-state index contributed by atoms with van der Waals surface area (Å²) >= 11 is 0. The molecule has 0 amide bonds. The Morgan fingerprint density at radius 1 is 1.27 bits per heavy atom. The maximum absolute atomic E-state index is 3.70. The Morgan fingerprint density at radius 3 is 2.60 bits per heavy atom. The van der Waals surface area contributed by atoms with Gasteiger partial charge in [0, 0.05) is 6.04 Å². The minimum absolute atomic E-state index is 0.805. The third-order valence-electron chi connectivity index (χ3n) is 4.29. The predicted molar refractivity (Wildman–Crippen MR) is 68.0 cm³/mol. The second kappa shape index (κ2) is 6.52. The number of nitrogens with one attached hydrogen (secondary N) is 1. The van der Waals surface area contributed by atoms with E-state index in [-0.39, 0.29) is 0 Å². The fourth-order valence-electron chi connectivity index (χ4n) is 2.88. The van der Waals surface area contributed by atoms with Crippen LogP contribution in [-0.2, 0) is 0 Å². The van der Waals surface area contributed by atoms with E-state index in [1.165, 1.54) is 38.6 Å². The Labute approximate surface area is 96.0 Å². The molecule has 1 heteroatoms. The van der Waals surface area contributed by atoms with E-state index in [0.717, 1.165) is 23.8 Å². The van der Waals surface area contributed by atoms with Gasteiger partial charge in [0.05, 0.1) is 0 Å². The van der Waals surface area contributed by atoms with Crippen molar-refractivity contribution < 1.29 is 0 Å². The average molecular weight is 211 g/mol. The van der Waals surface area contributed by atoms with Gasteiger partial charge in [-0.1, -0.05) is 34.1 Å². The van der Waals surface area contributed by atoms with Gasteiger partial charge in [-0.25, -0.2) is 0 Å². The quantitative estimate of drug-likeness (QED) is 0.704. The van der Waals surface area contributed by atoms with Gasteiger partial charge in [0.25, 0.3) is 0 Å². The van der Waals surface area contributed by atoms with Crippen molar-refractivity contribution in [2.75, 3.05) is 6.54 Å². The Morgan fingerprint density at radius 2 is 2.00 bits per heavy atom. The Hall–Kier alpha value is -0.0400. The molecule has 0 radical (unpaired) electrons. The largest absolute Gasteiger partial charge is 0.314 e. The molecule has 1 rings (SSSR count). The summed E-state index contributed by atoms with van der Waals surface area (Å²) < 4.78 is 0. The molecule has 0 bridgehead atoms. The zero-order valence-corrected chi connectivity index (χ0v) is 11.1. The molecule has 0 heterocycles. The second-order valence-electron chi connectivity index (χ2n) is 5.51. The van der Waals surface area contributed by atoms with Gasteiger partial charge in [-0.2, -0.15) is 0 Å². The van der Waals surface area contributed by atoms with Crippen LogP contribution in [0.1, 0.15) is 59.8 Å². The van der Waals surface area contributed by atoms with Gasteiger partial charge in [0.15, 0.2) is 0 Å². The summed E-state index contributed by atoms with van der Waals surface area (Å²) in [5.41, 5.74) is 0. The van der Waals surface area contributed by atoms with E-state index in [1.807, 2.05) is 0 Å². The third-order valence-corrected chi connectivity index (χ3v) is 4.29. The van der Waals surface area contributed by atoms with Crippen LogP contribution in [-0.4, -0.2) is 12.6 Å². The molecule has 0 aromatic heterocycles. The summed E-state index contributed by atoms with van der Waals surface area (Å²) in [6.07, 6.45) is 6.91. The van der Waals surface area contributed by atoms with Gasteiger partial charge in [-0.15, -0.1) is 0 Å². The fourth-order valence-corrected chi connectivity index (χ4v) is 2.88. The molecule has 4 atom stereocenters. The summed E-state index contributed by atoms with van der Waals surface area (Å²) in [5.74, 6) is 2.79. The van der Waals surface area contributed by atoms with Crippen molar-refractivity contribution in [1.29, 1.82) is 0 Å². The molecule has 0 spiro atoms. The van der Waals surface area contributed by atoms with Crippen molar-refractivity contribution in [3.63, 3.8) is 0 Å². The number of hydrogen-bond acceptors (Lipinski definition) is 1. The molecule has 1 aliphatic carbocycles. The van der Waals surface area contributed by atoms with Crippen molar-refractivity contribution in [3.05, 3.63) is 0 Å². The first-order valence-corrected chi connectivity index (χ1v) is 6.92. The van der Waals surface area contributed by atoms with Gasteiger partial charge >= 0.3 is 0 Å². The lowest BCUT2D eigenvalue weighted by Gasteiger charge is -2.23. The molecule has 15 heavy (non-hydrogen) atoms. The van der Waals surface area contributed by atoms with Crippen LogP contribution in [0.3, 0.4) is 0 Å². The average Bonchev–Trinajstić information content (AvgIpc) is 2.57. The van der Waals surface area contributed by atoms with Gasteiger partial charge in [0.1, 0.15) is 0 Å². The third kappa shape index (κ3) is 3.79. The van der Waals surface area contributed by atoms with Gasteiger partial charge in [-0.3, -0.25) is 0 Å². The molecule has 1 N–H and O–H groups in total. The van der Waals surface area contributed by atoms with Crippen molar-refractivity contribution in [1.82, 2.24) is 5.32 Å². The fraction of sp³-hybridized carbons (Fsp3) is 1.00. The lowest BCUT2D eigenvalue weighted by molar-refractivity contribution is 0.296. The molecule has 0 aliphatic heterocycles. The molecular formula is C14H29N. The van der Waals surface area contributed by atoms with Crippen LogP contribution in [0.25, 0.3) is 0 Å². The Balaban J connectivity index is 2.31. The summed E-state index contributed by atoms with van der Waals surface area (Å²) in [5, 5.41) is 3.70.